The van der Waals surface area contributed by atoms with Gasteiger partial charge in [0.15, 0.2) is 0 Å². The molecule has 0 aliphatic heterocycles. The van der Waals surface area contributed by atoms with Gasteiger partial charge in [0.05, 0.1) is 5.56 Å². The Morgan fingerprint density at radius 1 is 1.29 bits per heavy atom. The van der Waals surface area contributed by atoms with E-state index < -0.39 is 17.9 Å². The summed E-state index contributed by atoms with van der Waals surface area (Å²) in [5.74, 6) is -1.95. The first-order chi connectivity index (χ1) is 9.95. The number of phenolic OH excluding ortho intramolecular Hbond substituents is 1. The van der Waals surface area contributed by atoms with Crippen LogP contribution in [0.15, 0.2) is 18.2 Å². The lowest BCUT2D eigenvalue weighted by molar-refractivity contribution is -0.139. The lowest BCUT2D eigenvalue weighted by atomic mass is 10.1. The predicted octanol–water partition coefficient (Wildman–Crippen LogP) is 3.20. The number of carbonyl (C=O) groups is 2. The quantitative estimate of drug-likeness (QED) is 0.643. The fraction of sp³-hybridized carbons (Fsp3) is 0.467. The van der Waals surface area contributed by atoms with E-state index in [1.807, 2.05) is 0 Å². The van der Waals surface area contributed by atoms with Gasteiger partial charge in [0.1, 0.15) is 11.8 Å². The van der Waals surface area contributed by atoms with Crippen LogP contribution < -0.4 is 5.32 Å². The molecular weight excluding hydrogens is 294 g/mol. The van der Waals surface area contributed by atoms with Gasteiger partial charge in [-0.25, -0.2) is 4.79 Å². The molecule has 5 nitrogen and oxygen atoms in total. The van der Waals surface area contributed by atoms with E-state index in [1.165, 1.54) is 18.2 Å². The van der Waals surface area contributed by atoms with E-state index in [0.29, 0.717) is 11.4 Å². The summed E-state index contributed by atoms with van der Waals surface area (Å²) >= 11 is 5.77. The van der Waals surface area contributed by atoms with Crippen LogP contribution in [0.4, 0.5) is 0 Å². The topological polar surface area (TPSA) is 86.6 Å². The normalized spacial score (nSPS) is 11.9. The Labute approximate surface area is 128 Å². The third kappa shape index (κ3) is 5.63. The number of nitrogens with one attached hydrogen (secondary N) is 1. The molecule has 1 aromatic carbocycles. The van der Waals surface area contributed by atoms with Crippen molar-refractivity contribution in [2.24, 2.45) is 0 Å². The molecule has 0 aliphatic rings. The fourth-order valence-electron chi connectivity index (χ4n) is 1.96. The van der Waals surface area contributed by atoms with E-state index in [9.17, 15) is 14.7 Å². The molecule has 0 spiro atoms. The standard InChI is InChI=1S/C15H20ClNO4/c1-2-3-4-5-6-12(15(20)21)17-14(19)11-9-10(16)7-8-13(11)18/h7-9,12,18H,2-6H2,1H3,(H,17,19)(H,20,21). The number of unbranched alkanes of at least 4 members (excludes halogenated alkanes) is 3. The molecular formula is C15H20ClNO4. The molecule has 1 aromatic rings. The van der Waals surface area contributed by atoms with E-state index in [0.717, 1.165) is 25.7 Å². The molecule has 0 saturated heterocycles. The van der Waals surface area contributed by atoms with Gasteiger partial charge in [-0.3, -0.25) is 4.79 Å². The van der Waals surface area contributed by atoms with Crippen molar-refractivity contribution in [2.75, 3.05) is 0 Å². The molecule has 0 bridgehead atoms. The van der Waals surface area contributed by atoms with Crippen molar-refractivity contribution in [3.8, 4) is 5.75 Å². The van der Waals surface area contributed by atoms with Crippen molar-refractivity contribution >= 4 is 23.5 Å². The van der Waals surface area contributed by atoms with Crippen molar-refractivity contribution < 1.29 is 19.8 Å². The zero-order chi connectivity index (χ0) is 15.8. The third-order valence-electron chi connectivity index (χ3n) is 3.15. The highest BCUT2D eigenvalue weighted by molar-refractivity contribution is 6.31. The summed E-state index contributed by atoms with van der Waals surface area (Å²) in [6, 6.07) is 3.09. The molecule has 0 saturated carbocycles. The van der Waals surface area contributed by atoms with Crippen LogP contribution in [0.3, 0.4) is 0 Å². The maximum Gasteiger partial charge on any atom is 0.326 e. The van der Waals surface area contributed by atoms with Crippen LogP contribution in [-0.2, 0) is 4.79 Å². The van der Waals surface area contributed by atoms with Crippen molar-refractivity contribution in [3.63, 3.8) is 0 Å². The molecule has 1 amide bonds. The lowest BCUT2D eigenvalue weighted by Crippen LogP contribution is -2.40. The number of phenols is 1. The largest absolute Gasteiger partial charge is 0.507 e. The number of hydrogen-bond acceptors (Lipinski definition) is 3. The second-order valence-electron chi connectivity index (χ2n) is 4.88. The molecule has 0 aliphatic carbocycles. The maximum absolute atomic E-state index is 12.0. The molecule has 0 radical (unpaired) electrons. The van der Waals surface area contributed by atoms with Crippen LogP contribution in [0.5, 0.6) is 5.75 Å². The van der Waals surface area contributed by atoms with Gasteiger partial charge in [-0.05, 0) is 24.6 Å². The Bertz CT molecular complexity index is 504. The highest BCUT2D eigenvalue weighted by atomic mass is 35.5. The number of carboxylic acid groups (broad SMARTS) is 1. The van der Waals surface area contributed by atoms with E-state index in [1.54, 1.807) is 0 Å². The van der Waals surface area contributed by atoms with Gasteiger partial charge < -0.3 is 15.5 Å². The SMILES string of the molecule is CCCCCCC(NC(=O)c1cc(Cl)ccc1O)C(=O)O. The highest BCUT2D eigenvalue weighted by Crippen LogP contribution is 2.21. The van der Waals surface area contributed by atoms with Crippen LogP contribution in [0.25, 0.3) is 0 Å². The fourth-order valence-corrected chi connectivity index (χ4v) is 2.13. The Hall–Kier alpha value is -1.75. The number of carboxylic acids is 1. The number of benzene rings is 1. The van der Waals surface area contributed by atoms with Crippen molar-refractivity contribution in [1.82, 2.24) is 5.32 Å². The van der Waals surface area contributed by atoms with Crippen LogP contribution in [0.2, 0.25) is 5.02 Å². The third-order valence-corrected chi connectivity index (χ3v) is 3.39. The monoisotopic (exact) mass is 313 g/mol. The van der Waals surface area contributed by atoms with Crippen LogP contribution in [0.1, 0.15) is 49.4 Å². The molecule has 21 heavy (non-hydrogen) atoms. The lowest BCUT2D eigenvalue weighted by Gasteiger charge is -2.15. The van der Waals surface area contributed by atoms with Gasteiger partial charge in [0.2, 0.25) is 0 Å². The van der Waals surface area contributed by atoms with E-state index in [4.69, 9.17) is 16.7 Å². The number of amides is 1. The molecule has 1 unspecified atom stereocenters. The molecule has 1 atom stereocenters. The van der Waals surface area contributed by atoms with Gasteiger partial charge >= 0.3 is 5.97 Å². The number of halogens is 1. The van der Waals surface area contributed by atoms with Gasteiger partial charge in [-0.2, -0.15) is 0 Å². The number of carbonyl (C=O) groups excluding carboxylic acids is 1. The molecule has 6 heteroatoms. The van der Waals surface area contributed by atoms with E-state index in [2.05, 4.69) is 12.2 Å². The summed E-state index contributed by atoms with van der Waals surface area (Å²) in [4.78, 5) is 23.2. The number of rotatable bonds is 8. The number of hydrogen-bond donors (Lipinski definition) is 3. The highest BCUT2D eigenvalue weighted by Gasteiger charge is 2.21. The first-order valence-corrected chi connectivity index (χ1v) is 7.35. The Morgan fingerprint density at radius 2 is 2.00 bits per heavy atom. The van der Waals surface area contributed by atoms with Crippen LogP contribution in [-0.4, -0.2) is 28.1 Å². The minimum absolute atomic E-state index is 0.0256. The summed E-state index contributed by atoms with van der Waals surface area (Å²) in [5, 5.41) is 21.5. The minimum atomic E-state index is -1.08. The van der Waals surface area contributed by atoms with Gasteiger partial charge in [-0.1, -0.05) is 44.2 Å². The summed E-state index contributed by atoms with van der Waals surface area (Å²) in [6.45, 7) is 2.07. The summed E-state index contributed by atoms with van der Waals surface area (Å²) in [7, 11) is 0. The summed E-state index contributed by atoms with van der Waals surface area (Å²) in [6.07, 6.45) is 4.11. The summed E-state index contributed by atoms with van der Waals surface area (Å²) < 4.78 is 0. The number of aromatic hydroxyl groups is 1. The van der Waals surface area contributed by atoms with Crippen LogP contribution >= 0.6 is 11.6 Å². The molecule has 0 fully saturated rings. The zero-order valence-electron chi connectivity index (χ0n) is 11.9. The van der Waals surface area contributed by atoms with Gasteiger partial charge in [0, 0.05) is 5.02 Å². The van der Waals surface area contributed by atoms with E-state index in [-0.39, 0.29) is 11.3 Å². The summed E-state index contributed by atoms with van der Waals surface area (Å²) in [5.41, 5.74) is -0.0256. The second-order valence-corrected chi connectivity index (χ2v) is 5.31. The van der Waals surface area contributed by atoms with Gasteiger partial charge in [-0.15, -0.1) is 0 Å². The molecule has 0 aromatic heterocycles. The maximum atomic E-state index is 12.0. The molecule has 0 heterocycles. The van der Waals surface area contributed by atoms with E-state index >= 15 is 0 Å². The molecule has 1 rings (SSSR count). The number of aliphatic carboxylic acids is 1. The van der Waals surface area contributed by atoms with Crippen molar-refractivity contribution in [1.29, 1.82) is 0 Å². The minimum Gasteiger partial charge on any atom is -0.507 e. The molecule has 116 valence electrons. The first kappa shape index (κ1) is 17.3. The Kier molecular flexibility index (Phi) is 7.02. The second kappa shape index (κ2) is 8.52. The molecule has 3 N–H and O–H groups in total. The van der Waals surface area contributed by atoms with Crippen molar-refractivity contribution in [3.05, 3.63) is 28.8 Å². The average Bonchev–Trinajstić information content (AvgIpc) is 2.44. The first-order valence-electron chi connectivity index (χ1n) is 6.98. The van der Waals surface area contributed by atoms with Crippen molar-refractivity contribution in [2.45, 2.75) is 45.1 Å². The van der Waals surface area contributed by atoms with Crippen LogP contribution in [0, 0.1) is 0 Å². The van der Waals surface area contributed by atoms with Gasteiger partial charge in [0.25, 0.3) is 5.91 Å². The smallest absolute Gasteiger partial charge is 0.326 e. The predicted molar refractivity (Wildman–Crippen MR) is 80.8 cm³/mol. The average molecular weight is 314 g/mol. The zero-order valence-corrected chi connectivity index (χ0v) is 12.7. The Balaban J connectivity index is 2.67. The Morgan fingerprint density at radius 3 is 2.62 bits per heavy atom.